The third-order valence-corrected chi connectivity index (χ3v) is 2.53. The maximum Gasteiger partial charge on any atom is 0.0782 e. The van der Waals surface area contributed by atoms with E-state index in [0.29, 0.717) is 5.71 Å². The highest BCUT2D eigenvalue weighted by Crippen LogP contribution is 2.16. The topological polar surface area (TPSA) is 60.1 Å². The minimum absolute atomic E-state index is 0.0315. The van der Waals surface area contributed by atoms with E-state index in [1.807, 2.05) is 6.92 Å². The zero-order valence-corrected chi connectivity index (χ0v) is 8.93. The number of unbranched alkanes of at least 4 members (excludes halogenated alkanes) is 2. The molecule has 2 N–H and O–H groups in total. The van der Waals surface area contributed by atoms with Gasteiger partial charge in [0.05, 0.1) is 6.04 Å². The maximum atomic E-state index is 7.47. The van der Waals surface area contributed by atoms with Gasteiger partial charge >= 0.3 is 0 Å². The van der Waals surface area contributed by atoms with Gasteiger partial charge in [0.25, 0.3) is 0 Å². The van der Waals surface area contributed by atoms with Gasteiger partial charge < -0.3 is 5.41 Å². The fraction of sp³-hybridized carbons (Fsp3) is 0.900. The van der Waals surface area contributed by atoms with Gasteiger partial charge in [0, 0.05) is 11.6 Å². The molecule has 0 aromatic carbocycles. The Morgan fingerprint density at radius 2 is 2.00 bits per heavy atom. The van der Waals surface area contributed by atoms with Crippen molar-refractivity contribution in [1.29, 1.82) is 10.9 Å². The van der Waals surface area contributed by atoms with E-state index >= 15 is 0 Å². The van der Waals surface area contributed by atoms with Crippen molar-refractivity contribution in [2.24, 2.45) is 11.0 Å². The lowest BCUT2D eigenvalue weighted by Gasteiger charge is -2.17. The molecule has 3 heteroatoms. The summed E-state index contributed by atoms with van der Waals surface area (Å²) in [6.45, 7) is 5.94. The van der Waals surface area contributed by atoms with E-state index in [1.165, 1.54) is 12.8 Å². The number of hydrogen-bond acceptors (Lipinski definition) is 3. The van der Waals surface area contributed by atoms with Crippen LogP contribution in [0.25, 0.3) is 0 Å². The van der Waals surface area contributed by atoms with Crippen LogP contribution in [-0.4, -0.2) is 11.8 Å². The summed E-state index contributed by atoms with van der Waals surface area (Å²) in [6.07, 6.45) is 4.48. The summed E-state index contributed by atoms with van der Waals surface area (Å²) in [5, 5.41) is 11.1. The van der Waals surface area contributed by atoms with Crippen molar-refractivity contribution in [3.05, 3.63) is 0 Å². The SMILES string of the molecule is CCCCCC(N=N)C(C)C(C)=N. The first-order valence-corrected chi connectivity index (χ1v) is 5.05. The first-order chi connectivity index (χ1) is 6.13. The van der Waals surface area contributed by atoms with Gasteiger partial charge in [-0.15, -0.1) is 0 Å². The summed E-state index contributed by atoms with van der Waals surface area (Å²) in [4.78, 5) is 0. The van der Waals surface area contributed by atoms with Gasteiger partial charge in [-0.1, -0.05) is 33.1 Å². The number of nitrogens with zero attached hydrogens (tertiary/aromatic N) is 1. The molecule has 2 unspecified atom stereocenters. The maximum absolute atomic E-state index is 7.47. The lowest BCUT2D eigenvalue weighted by Crippen LogP contribution is -2.21. The molecular formula is C10H21N3. The second kappa shape index (κ2) is 6.75. The van der Waals surface area contributed by atoms with Crippen LogP contribution < -0.4 is 0 Å². The molecule has 0 aliphatic carbocycles. The average Bonchev–Trinajstić information content (AvgIpc) is 2.11. The highest BCUT2D eigenvalue weighted by Gasteiger charge is 2.17. The monoisotopic (exact) mass is 183 g/mol. The summed E-state index contributed by atoms with van der Waals surface area (Å²) in [6, 6.07) is 0.0315. The molecule has 0 aliphatic rings. The Labute approximate surface area is 80.9 Å². The van der Waals surface area contributed by atoms with Crippen molar-refractivity contribution in [2.45, 2.75) is 52.5 Å². The van der Waals surface area contributed by atoms with Crippen molar-refractivity contribution in [3.63, 3.8) is 0 Å². The quantitative estimate of drug-likeness (QED) is 0.344. The van der Waals surface area contributed by atoms with E-state index < -0.39 is 0 Å². The second-order valence-corrected chi connectivity index (χ2v) is 3.66. The standard InChI is InChI=1S/C10H21N3/c1-4-5-6-7-10(13-12)8(2)9(3)11/h8,10-12H,4-7H2,1-3H3. The zero-order valence-electron chi connectivity index (χ0n) is 8.93. The molecule has 3 nitrogen and oxygen atoms in total. The van der Waals surface area contributed by atoms with Crippen LogP contribution in [0.5, 0.6) is 0 Å². The molecule has 0 fully saturated rings. The smallest absolute Gasteiger partial charge is 0.0782 e. The molecule has 13 heavy (non-hydrogen) atoms. The largest absolute Gasteiger partial charge is 0.310 e. The number of nitrogens with one attached hydrogen (secondary N) is 2. The molecule has 0 saturated carbocycles. The predicted octanol–water partition coefficient (Wildman–Crippen LogP) is 3.64. The van der Waals surface area contributed by atoms with Gasteiger partial charge in [0.15, 0.2) is 0 Å². The fourth-order valence-corrected chi connectivity index (χ4v) is 1.32. The van der Waals surface area contributed by atoms with Crippen molar-refractivity contribution in [3.8, 4) is 0 Å². The van der Waals surface area contributed by atoms with Crippen LogP contribution in [-0.2, 0) is 0 Å². The lowest BCUT2D eigenvalue weighted by molar-refractivity contribution is 0.472. The highest BCUT2D eigenvalue weighted by molar-refractivity contribution is 5.81. The van der Waals surface area contributed by atoms with Gasteiger partial charge in [-0.25, -0.2) is 5.53 Å². The fourth-order valence-electron chi connectivity index (χ4n) is 1.32. The van der Waals surface area contributed by atoms with E-state index in [9.17, 15) is 0 Å². The molecule has 0 saturated heterocycles. The molecule has 2 atom stereocenters. The van der Waals surface area contributed by atoms with Crippen LogP contribution in [0.4, 0.5) is 0 Å². The molecular weight excluding hydrogens is 162 g/mol. The summed E-state index contributed by atoms with van der Waals surface area (Å²) in [5.74, 6) is 0.134. The molecule has 0 spiro atoms. The highest BCUT2D eigenvalue weighted by atomic mass is 15.0. The summed E-state index contributed by atoms with van der Waals surface area (Å²) in [5.41, 5.74) is 7.68. The van der Waals surface area contributed by atoms with Gasteiger partial charge in [0.2, 0.25) is 0 Å². The van der Waals surface area contributed by atoms with Crippen molar-refractivity contribution in [1.82, 2.24) is 0 Å². The zero-order chi connectivity index (χ0) is 10.3. The minimum atomic E-state index is 0.0315. The van der Waals surface area contributed by atoms with Crippen LogP contribution in [0.3, 0.4) is 0 Å². The average molecular weight is 183 g/mol. The van der Waals surface area contributed by atoms with Crippen LogP contribution in [0.15, 0.2) is 5.11 Å². The molecule has 76 valence electrons. The summed E-state index contributed by atoms with van der Waals surface area (Å²) >= 11 is 0. The first kappa shape index (κ1) is 12.3. The lowest BCUT2D eigenvalue weighted by atomic mass is 9.93. The third-order valence-electron chi connectivity index (χ3n) is 2.53. The molecule has 0 aromatic rings. The Kier molecular flexibility index (Phi) is 6.37. The van der Waals surface area contributed by atoms with Crippen LogP contribution >= 0.6 is 0 Å². The van der Waals surface area contributed by atoms with Crippen LogP contribution in [0.1, 0.15) is 46.5 Å². The van der Waals surface area contributed by atoms with E-state index in [-0.39, 0.29) is 12.0 Å². The van der Waals surface area contributed by atoms with Gasteiger partial charge in [-0.2, -0.15) is 5.11 Å². The van der Waals surface area contributed by atoms with Crippen LogP contribution in [0.2, 0.25) is 0 Å². The Morgan fingerprint density at radius 1 is 1.38 bits per heavy atom. The van der Waals surface area contributed by atoms with Gasteiger partial charge in [-0.05, 0) is 13.3 Å². The van der Waals surface area contributed by atoms with E-state index in [1.54, 1.807) is 6.92 Å². The second-order valence-electron chi connectivity index (χ2n) is 3.66. The molecule has 0 heterocycles. The first-order valence-electron chi connectivity index (χ1n) is 5.05. The third kappa shape index (κ3) is 4.76. The summed E-state index contributed by atoms with van der Waals surface area (Å²) in [7, 11) is 0. The molecule has 0 aliphatic heterocycles. The van der Waals surface area contributed by atoms with Gasteiger partial charge in [-0.3, -0.25) is 0 Å². The Morgan fingerprint density at radius 3 is 2.38 bits per heavy atom. The molecule has 0 bridgehead atoms. The predicted molar refractivity (Wildman–Crippen MR) is 55.6 cm³/mol. The van der Waals surface area contributed by atoms with Crippen molar-refractivity contribution >= 4 is 5.71 Å². The Hall–Kier alpha value is -0.730. The normalized spacial score (nSPS) is 15.0. The van der Waals surface area contributed by atoms with Crippen molar-refractivity contribution < 1.29 is 0 Å². The van der Waals surface area contributed by atoms with E-state index in [4.69, 9.17) is 10.9 Å². The van der Waals surface area contributed by atoms with Crippen LogP contribution in [0, 0.1) is 16.9 Å². The Balaban J connectivity index is 3.87. The molecule has 0 rings (SSSR count). The molecule has 0 radical (unpaired) electrons. The number of rotatable bonds is 7. The Bertz CT molecular complexity index is 166. The summed E-state index contributed by atoms with van der Waals surface area (Å²) < 4.78 is 0. The van der Waals surface area contributed by atoms with E-state index in [0.717, 1.165) is 12.8 Å². The molecule has 0 aromatic heterocycles. The minimum Gasteiger partial charge on any atom is -0.310 e. The molecule has 0 amide bonds. The van der Waals surface area contributed by atoms with Gasteiger partial charge in [0.1, 0.15) is 0 Å². The van der Waals surface area contributed by atoms with Crippen molar-refractivity contribution in [2.75, 3.05) is 0 Å². The number of hydrogen-bond donors (Lipinski definition) is 2. The van der Waals surface area contributed by atoms with E-state index in [2.05, 4.69) is 12.0 Å².